The molecule has 0 aliphatic rings. The lowest BCUT2D eigenvalue weighted by molar-refractivity contribution is 0.269. The summed E-state index contributed by atoms with van der Waals surface area (Å²) in [5.74, 6) is 0. The Morgan fingerprint density at radius 3 is 2.94 bits per heavy atom. The molecule has 0 amide bonds. The van der Waals surface area contributed by atoms with Gasteiger partial charge in [-0.1, -0.05) is 0 Å². The fourth-order valence-electron chi connectivity index (χ4n) is 1.47. The first-order valence-corrected chi connectivity index (χ1v) is 6.16. The number of aromatic nitrogens is 2. The summed E-state index contributed by atoms with van der Waals surface area (Å²) in [6, 6.07) is 0.587. The largest absolute Gasteiger partial charge is 0.394 e. The SMILES string of the molecule is CC(C)N(C)CCNCc1cnn(CCO)c1. The molecule has 0 unspecified atom stereocenters. The van der Waals surface area contributed by atoms with Crippen molar-refractivity contribution in [2.45, 2.75) is 33.0 Å². The van der Waals surface area contributed by atoms with E-state index < -0.39 is 0 Å². The van der Waals surface area contributed by atoms with Gasteiger partial charge in [-0.05, 0) is 20.9 Å². The average Bonchev–Trinajstić information content (AvgIpc) is 2.72. The highest BCUT2D eigenvalue weighted by atomic mass is 16.3. The Bertz CT molecular complexity index is 311. The molecule has 0 aliphatic carbocycles. The van der Waals surface area contributed by atoms with Gasteiger partial charge in [0.25, 0.3) is 0 Å². The topological polar surface area (TPSA) is 53.3 Å². The Labute approximate surface area is 103 Å². The minimum absolute atomic E-state index is 0.133. The van der Waals surface area contributed by atoms with E-state index in [0.29, 0.717) is 12.6 Å². The van der Waals surface area contributed by atoms with Crippen LogP contribution in [0.15, 0.2) is 12.4 Å². The van der Waals surface area contributed by atoms with Gasteiger partial charge in [0.2, 0.25) is 0 Å². The minimum atomic E-state index is 0.133. The van der Waals surface area contributed by atoms with E-state index in [1.165, 1.54) is 0 Å². The molecule has 5 nitrogen and oxygen atoms in total. The van der Waals surface area contributed by atoms with Crippen LogP contribution in [0.4, 0.5) is 0 Å². The number of hydrogen-bond donors (Lipinski definition) is 2. The van der Waals surface area contributed by atoms with Gasteiger partial charge in [-0.25, -0.2) is 0 Å². The van der Waals surface area contributed by atoms with Gasteiger partial charge >= 0.3 is 0 Å². The summed E-state index contributed by atoms with van der Waals surface area (Å²) < 4.78 is 1.76. The van der Waals surface area contributed by atoms with Gasteiger partial charge in [-0.3, -0.25) is 4.68 Å². The second-order valence-corrected chi connectivity index (χ2v) is 4.59. The number of nitrogens with zero attached hydrogens (tertiary/aromatic N) is 3. The van der Waals surface area contributed by atoms with E-state index in [1.807, 2.05) is 12.4 Å². The number of aliphatic hydroxyl groups is 1. The molecule has 5 heteroatoms. The van der Waals surface area contributed by atoms with E-state index in [0.717, 1.165) is 25.2 Å². The molecule has 1 heterocycles. The van der Waals surface area contributed by atoms with E-state index >= 15 is 0 Å². The first-order chi connectivity index (χ1) is 8.13. The minimum Gasteiger partial charge on any atom is -0.394 e. The summed E-state index contributed by atoms with van der Waals surface area (Å²) in [4.78, 5) is 2.31. The van der Waals surface area contributed by atoms with Crippen molar-refractivity contribution in [3.05, 3.63) is 18.0 Å². The molecule has 98 valence electrons. The lowest BCUT2D eigenvalue weighted by atomic mass is 10.3. The maximum absolute atomic E-state index is 8.77. The van der Waals surface area contributed by atoms with Crippen molar-refractivity contribution in [3.63, 3.8) is 0 Å². The molecule has 0 saturated heterocycles. The van der Waals surface area contributed by atoms with Crippen LogP contribution in [-0.4, -0.2) is 52.6 Å². The number of rotatable bonds is 8. The normalized spacial score (nSPS) is 11.6. The summed E-state index contributed by atoms with van der Waals surface area (Å²) >= 11 is 0. The van der Waals surface area contributed by atoms with E-state index in [2.05, 4.69) is 36.2 Å². The summed E-state index contributed by atoms with van der Waals surface area (Å²) in [6.07, 6.45) is 3.81. The number of hydrogen-bond acceptors (Lipinski definition) is 4. The van der Waals surface area contributed by atoms with Crippen LogP contribution in [0.3, 0.4) is 0 Å². The number of aliphatic hydroxyl groups excluding tert-OH is 1. The van der Waals surface area contributed by atoms with Crippen LogP contribution in [0.1, 0.15) is 19.4 Å². The van der Waals surface area contributed by atoms with E-state index in [1.54, 1.807) is 4.68 Å². The highest BCUT2D eigenvalue weighted by Crippen LogP contribution is 1.97. The van der Waals surface area contributed by atoms with Gasteiger partial charge in [-0.15, -0.1) is 0 Å². The van der Waals surface area contributed by atoms with Gasteiger partial charge in [0.1, 0.15) is 0 Å². The Balaban J connectivity index is 2.17. The second-order valence-electron chi connectivity index (χ2n) is 4.59. The van der Waals surface area contributed by atoms with Crippen LogP contribution in [-0.2, 0) is 13.1 Å². The molecular formula is C12H24N4O. The summed E-state index contributed by atoms with van der Waals surface area (Å²) in [6.45, 7) is 7.93. The van der Waals surface area contributed by atoms with E-state index in [-0.39, 0.29) is 6.61 Å². The molecule has 0 saturated carbocycles. The lowest BCUT2D eigenvalue weighted by Gasteiger charge is -2.20. The van der Waals surface area contributed by atoms with Gasteiger partial charge in [0.05, 0.1) is 19.3 Å². The zero-order chi connectivity index (χ0) is 12.7. The van der Waals surface area contributed by atoms with E-state index in [4.69, 9.17) is 5.11 Å². The second kappa shape index (κ2) is 7.42. The third-order valence-electron chi connectivity index (χ3n) is 2.87. The molecule has 0 bridgehead atoms. The smallest absolute Gasteiger partial charge is 0.0640 e. The predicted octanol–water partition coefficient (Wildman–Crippen LogP) is 0.305. The molecule has 0 aliphatic heterocycles. The molecule has 17 heavy (non-hydrogen) atoms. The average molecular weight is 240 g/mol. The molecule has 1 rings (SSSR count). The van der Waals surface area contributed by atoms with Gasteiger partial charge < -0.3 is 15.3 Å². The molecule has 0 aromatic carbocycles. The van der Waals surface area contributed by atoms with Crippen molar-refractivity contribution in [1.29, 1.82) is 0 Å². The molecule has 1 aromatic rings. The van der Waals surface area contributed by atoms with Crippen LogP contribution in [0, 0.1) is 0 Å². The van der Waals surface area contributed by atoms with E-state index in [9.17, 15) is 0 Å². The van der Waals surface area contributed by atoms with Crippen LogP contribution in [0.2, 0.25) is 0 Å². The standard InChI is InChI=1S/C12H24N4O/c1-11(2)15(3)5-4-13-8-12-9-14-16(10-12)6-7-17/h9-11,13,17H,4-8H2,1-3H3. The molecule has 0 fully saturated rings. The quantitative estimate of drug-likeness (QED) is 0.642. The molecule has 0 atom stereocenters. The fourth-order valence-corrected chi connectivity index (χ4v) is 1.47. The lowest BCUT2D eigenvalue weighted by Crippen LogP contribution is -2.33. The molecule has 0 spiro atoms. The summed E-state index contributed by atoms with van der Waals surface area (Å²) in [5, 5.41) is 16.3. The Kier molecular flexibility index (Phi) is 6.18. The van der Waals surface area contributed by atoms with Crippen molar-refractivity contribution < 1.29 is 5.11 Å². The van der Waals surface area contributed by atoms with Gasteiger partial charge in [0.15, 0.2) is 0 Å². The third-order valence-corrected chi connectivity index (χ3v) is 2.87. The van der Waals surface area contributed by atoms with Crippen molar-refractivity contribution >= 4 is 0 Å². The highest BCUT2D eigenvalue weighted by molar-refractivity contribution is 5.03. The highest BCUT2D eigenvalue weighted by Gasteiger charge is 2.02. The van der Waals surface area contributed by atoms with Crippen LogP contribution in [0.5, 0.6) is 0 Å². The molecule has 2 N–H and O–H groups in total. The van der Waals surface area contributed by atoms with Crippen molar-refractivity contribution in [2.24, 2.45) is 0 Å². The maximum atomic E-state index is 8.77. The van der Waals surface area contributed by atoms with Crippen molar-refractivity contribution in [3.8, 4) is 0 Å². The summed E-state index contributed by atoms with van der Waals surface area (Å²) in [7, 11) is 2.13. The molecule has 0 radical (unpaired) electrons. The first kappa shape index (κ1) is 14.2. The van der Waals surface area contributed by atoms with Crippen LogP contribution < -0.4 is 5.32 Å². The third kappa shape index (κ3) is 5.30. The fraction of sp³-hybridized carbons (Fsp3) is 0.750. The Morgan fingerprint density at radius 1 is 1.53 bits per heavy atom. The zero-order valence-electron chi connectivity index (χ0n) is 11.1. The van der Waals surface area contributed by atoms with Crippen molar-refractivity contribution in [2.75, 3.05) is 26.7 Å². The van der Waals surface area contributed by atoms with Gasteiger partial charge in [0, 0.05) is 37.4 Å². The predicted molar refractivity (Wildman–Crippen MR) is 68.8 cm³/mol. The molecule has 1 aromatic heterocycles. The number of likely N-dealkylation sites (N-methyl/N-ethyl adjacent to an activating group) is 1. The van der Waals surface area contributed by atoms with Crippen molar-refractivity contribution in [1.82, 2.24) is 20.0 Å². The Morgan fingerprint density at radius 2 is 2.29 bits per heavy atom. The first-order valence-electron chi connectivity index (χ1n) is 6.16. The maximum Gasteiger partial charge on any atom is 0.0640 e. The molecular weight excluding hydrogens is 216 g/mol. The Hall–Kier alpha value is -0.910. The van der Waals surface area contributed by atoms with Crippen LogP contribution >= 0.6 is 0 Å². The number of nitrogens with one attached hydrogen (secondary N) is 1. The van der Waals surface area contributed by atoms with Crippen LogP contribution in [0.25, 0.3) is 0 Å². The van der Waals surface area contributed by atoms with Gasteiger partial charge in [-0.2, -0.15) is 5.10 Å². The zero-order valence-corrected chi connectivity index (χ0v) is 11.1. The monoisotopic (exact) mass is 240 g/mol. The summed E-state index contributed by atoms with van der Waals surface area (Å²) in [5.41, 5.74) is 1.16.